The van der Waals surface area contributed by atoms with Gasteiger partial charge in [-0.25, -0.2) is 0 Å². The quantitative estimate of drug-likeness (QED) is 0.861. The zero-order valence-corrected chi connectivity index (χ0v) is 12.4. The first-order valence-electron chi connectivity index (χ1n) is 6.46. The minimum atomic E-state index is 0.223. The largest absolute Gasteiger partial charge is 0.496 e. The van der Waals surface area contributed by atoms with Crippen molar-refractivity contribution in [2.45, 2.75) is 38.1 Å². The number of allylic oxidation sites excluding steroid dienone is 1. The van der Waals surface area contributed by atoms with Crippen LogP contribution in [0.2, 0.25) is 0 Å². The third-order valence-electron chi connectivity index (χ3n) is 3.40. The minimum Gasteiger partial charge on any atom is -0.496 e. The minimum absolute atomic E-state index is 0.223. The Morgan fingerprint density at radius 3 is 3.00 bits per heavy atom. The van der Waals surface area contributed by atoms with Crippen LogP contribution >= 0.6 is 15.9 Å². The summed E-state index contributed by atoms with van der Waals surface area (Å²) in [6.45, 7) is 0. The average molecular weight is 310 g/mol. The van der Waals surface area contributed by atoms with Crippen molar-refractivity contribution in [3.05, 3.63) is 39.9 Å². The highest BCUT2D eigenvalue weighted by Crippen LogP contribution is 2.28. The van der Waals surface area contributed by atoms with E-state index in [-0.39, 0.29) is 6.04 Å². The molecule has 0 radical (unpaired) electrons. The summed E-state index contributed by atoms with van der Waals surface area (Å²) in [5, 5.41) is 0. The number of ether oxygens (including phenoxy) is 1. The van der Waals surface area contributed by atoms with E-state index in [2.05, 4.69) is 28.1 Å². The lowest BCUT2D eigenvalue weighted by Gasteiger charge is -2.11. The van der Waals surface area contributed by atoms with Crippen LogP contribution < -0.4 is 10.5 Å². The summed E-state index contributed by atoms with van der Waals surface area (Å²) >= 11 is 3.52. The molecule has 3 heteroatoms. The summed E-state index contributed by atoms with van der Waals surface area (Å²) in [7, 11) is 1.72. The Morgan fingerprint density at radius 1 is 1.39 bits per heavy atom. The zero-order valence-electron chi connectivity index (χ0n) is 10.8. The second kappa shape index (κ2) is 6.39. The van der Waals surface area contributed by atoms with Crippen molar-refractivity contribution >= 4 is 15.9 Å². The van der Waals surface area contributed by atoms with Gasteiger partial charge >= 0.3 is 0 Å². The Balaban J connectivity index is 2.19. The predicted octanol–water partition coefficient (Wildman–Crippen LogP) is 3.83. The number of hydrogen-bond acceptors (Lipinski definition) is 2. The summed E-state index contributed by atoms with van der Waals surface area (Å²) in [4.78, 5) is 0. The summed E-state index contributed by atoms with van der Waals surface area (Å²) in [5.74, 6) is 0.955. The van der Waals surface area contributed by atoms with Crippen molar-refractivity contribution in [2.75, 3.05) is 7.11 Å². The van der Waals surface area contributed by atoms with Crippen LogP contribution in [0.25, 0.3) is 0 Å². The first-order chi connectivity index (χ1) is 8.69. The normalized spacial score (nSPS) is 20.2. The molecule has 0 aliphatic heterocycles. The molecule has 1 aliphatic carbocycles. The van der Waals surface area contributed by atoms with Crippen molar-refractivity contribution in [3.63, 3.8) is 0 Å². The van der Waals surface area contributed by atoms with Crippen molar-refractivity contribution in [3.8, 4) is 5.75 Å². The SMILES string of the molecule is COc1ccc(Br)cc1CC1=CC(N)CCCC1. The van der Waals surface area contributed by atoms with Crippen LogP contribution in [0.3, 0.4) is 0 Å². The van der Waals surface area contributed by atoms with Gasteiger partial charge in [0.1, 0.15) is 5.75 Å². The van der Waals surface area contributed by atoms with E-state index in [4.69, 9.17) is 10.5 Å². The van der Waals surface area contributed by atoms with E-state index in [1.807, 2.05) is 12.1 Å². The van der Waals surface area contributed by atoms with Gasteiger partial charge in [-0.15, -0.1) is 0 Å². The van der Waals surface area contributed by atoms with E-state index in [1.165, 1.54) is 24.0 Å². The fraction of sp³-hybridized carbons (Fsp3) is 0.467. The maximum atomic E-state index is 6.06. The van der Waals surface area contributed by atoms with Crippen molar-refractivity contribution in [1.29, 1.82) is 0 Å². The molecule has 1 atom stereocenters. The lowest BCUT2D eigenvalue weighted by atomic mass is 10.00. The maximum absolute atomic E-state index is 6.06. The molecule has 1 unspecified atom stereocenters. The standard InChI is InChI=1S/C15H20BrNO/c1-18-15-7-6-13(16)10-12(15)8-11-4-2-3-5-14(17)9-11/h6-7,9-10,14H,2-5,8,17H2,1H3. The molecule has 0 aromatic heterocycles. The summed E-state index contributed by atoms with van der Waals surface area (Å²) in [6.07, 6.45) is 7.93. The molecule has 0 bridgehead atoms. The molecule has 1 aliphatic rings. The second-order valence-electron chi connectivity index (χ2n) is 4.87. The number of hydrogen-bond donors (Lipinski definition) is 1. The van der Waals surface area contributed by atoms with Gasteiger partial charge in [0.25, 0.3) is 0 Å². The van der Waals surface area contributed by atoms with Crippen molar-refractivity contribution in [2.24, 2.45) is 5.73 Å². The third-order valence-corrected chi connectivity index (χ3v) is 3.89. The molecular weight excluding hydrogens is 290 g/mol. The number of rotatable bonds is 3. The Morgan fingerprint density at radius 2 is 2.22 bits per heavy atom. The van der Waals surface area contributed by atoms with Gasteiger partial charge < -0.3 is 10.5 Å². The predicted molar refractivity (Wildman–Crippen MR) is 78.9 cm³/mol. The topological polar surface area (TPSA) is 35.2 Å². The Labute approximate surface area is 117 Å². The van der Waals surface area contributed by atoms with Crippen LogP contribution in [0.15, 0.2) is 34.3 Å². The van der Waals surface area contributed by atoms with Gasteiger partial charge in [-0.1, -0.05) is 34.0 Å². The number of nitrogens with two attached hydrogens (primary N) is 1. The molecule has 0 saturated carbocycles. The average Bonchev–Trinajstić information content (AvgIpc) is 2.54. The summed E-state index contributed by atoms with van der Waals surface area (Å²) < 4.78 is 6.51. The van der Waals surface area contributed by atoms with Crippen LogP contribution in [0, 0.1) is 0 Å². The van der Waals surface area contributed by atoms with Gasteiger partial charge in [0.15, 0.2) is 0 Å². The van der Waals surface area contributed by atoms with Crippen LogP contribution in [-0.4, -0.2) is 13.2 Å². The van der Waals surface area contributed by atoms with Crippen molar-refractivity contribution in [1.82, 2.24) is 0 Å². The molecule has 0 saturated heterocycles. The van der Waals surface area contributed by atoms with Gasteiger partial charge in [-0.05, 0) is 49.4 Å². The number of methoxy groups -OCH3 is 1. The third kappa shape index (κ3) is 3.59. The molecule has 0 spiro atoms. The molecule has 18 heavy (non-hydrogen) atoms. The lowest BCUT2D eigenvalue weighted by Crippen LogP contribution is -2.16. The first-order valence-corrected chi connectivity index (χ1v) is 7.26. The lowest BCUT2D eigenvalue weighted by molar-refractivity contribution is 0.410. The van der Waals surface area contributed by atoms with Crippen LogP contribution in [-0.2, 0) is 6.42 Å². The van der Waals surface area contributed by atoms with E-state index >= 15 is 0 Å². The van der Waals surface area contributed by atoms with Crippen LogP contribution in [0.5, 0.6) is 5.75 Å². The summed E-state index contributed by atoms with van der Waals surface area (Å²) in [6, 6.07) is 6.38. The smallest absolute Gasteiger partial charge is 0.122 e. The van der Waals surface area contributed by atoms with Gasteiger partial charge in [-0.3, -0.25) is 0 Å². The molecule has 98 valence electrons. The first kappa shape index (κ1) is 13.6. The van der Waals surface area contributed by atoms with E-state index in [9.17, 15) is 0 Å². The molecule has 0 heterocycles. The Hall–Kier alpha value is -0.800. The van der Waals surface area contributed by atoms with Crippen LogP contribution in [0.1, 0.15) is 31.2 Å². The molecule has 2 nitrogen and oxygen atoms in total. The van der Waals surface area contributed by atoms with Gasteiger partial charge in [0, 0.05) is 10.5 Å². The van der Waals surface area contributed by atoms with Gasteiger partial charge in [0.2, 0.25) is 0 Å². The monoisotopic (exact) mass is 309 g/mol. The van der Waals surface area contributed by atoms with E-state index < -0.39 is 0 Å². The molecular formula is C15H20BrNO. The van der Waals surface area contributed by atoms with E-state index in [0.717, 1.165) is 29.5 Å². The highest BCUT2D eigenvalue weighted by atomic mass is 79.9. The molecule has 0 amide bonds. The fourth-order valence-electron chi connectivity index (χ4n) is 2.48. The fourth-order valence-corrected chi connectivity index (χ4v) is 2.89. The maximum Gasteiger partial charge on any atom is 0.122 e. The van der Waals surface area contributed by atoms with E-state index in [0.29, 0.717) is 0 Å². The molecule has 2 N–H and O–H groups in total. The zero-order chi connectivity index (χ0) is 13.0. The highest BCUT2D eigenvalue weighted by molar-refractivity contribution is 9.10. The second-order valence-corrected chi connectivity index (χ2v) is 5.78. The Kier molecular flexibility index (Phi) is 4.84. The van der Waals surface area contributed by atoms with E-state index in [1.54, 1.807) is 7.11 Å². The summed E-state index contributed by atoms with van der Waals surface area (Å²) in [5.41, 5.74) is 8.73. The van der Waals surface area contributed by atoms with Crippen LogP contribution in [0.4, 0.5) is 0 Å². The highest BCUT2D eigenvalue weighted by Gasteiger charge is 2.11. The number of benzene rings is 1. The molecule has 2 rings (SSSR count). The van der Waals surface area contributed by atoms with Gasteiger partial charge in [-0.2, -0.15) is 0 Å². The Bertz CT molecular complexity index is 442. The van der Waals surface area contributed by atoms with Gasteiger partial charge in [0.05, 0.1) is 7.11 Å². The molecule has 0 fully saturated rings. The molecule has 1 aromatic rings. The van der Waals surface area contributed by atoms with Crippen molar-refractivity contribution < 1.29 is 4.74 Å². The number of halogens is 1. The molecule has 1 aromatic carbocycles.